The molecule has 0 spiro atoms. The predicted molar refractivity (Wildman–Crippen MR) is 89.3 cm³/mol. The smallest absolute Gasteiger partial charge is 0.253 e. The van der Waals surface area contributed by atoms with Gasteiger partial charge in [0.2, 0.25) is 0 Å². The molecule has 0 amide bonds. The zero-order valence-corrected chi connectivity index (χ0v) is 13.1. The Morgan fingerprint density at radius 1 is 0.960 bits per heavy atom. The van der Waals surface area contributed by atoms with Crippen LogP contribution in [-0.4, -0.2) is 31.2 Å². The Morgan fingerprint density at radius 2 is 1.80 bits per heavy atom. The van der Waals surface area contributed by atoms with E-state index in [0.717, 1.165) is 17.0 Å². The maximum Gasteiger partial charge on any atom is 0.253 e. The molecule has 0 radical (unpaired) electrons. The van der Waals surface area contributed by atoms with E-state index in [1.165, 1.54) is 0 Å². The van der Waals surface area contributed by atoms with E-state index >= 15 is 0 Å². The average Bonchev–Trinajstić information content (AvgIpc) is 3.12. The van der Waals surface area contributed by atoms with Crippen molar-refractivity contribution in [3.63, 3.8) is 0 Å². The van der Waals surface area contributed by atoms with Gasteiger partial charge in [0.25, 0.3) is 5.78 Å². The fraction of sp³-hybridized carbons (Fsp3) is 0.111. The van der Waals surface area contributed by atoms with Crippen LogP contribution in [0, 0.1) is 0 Å². The van der Waals surface area contributed by atoms with Crippen LogP contribution in [0.3, 0.4) is 0 Å². The van der Waals surface area contributed by atoms with Crippen molar-refractivity contribution in [3.8, 4) is 22.8 Å². The minimum Gasteiger partial charge on any atom is -0.485 e. The Hall–Kier alpha value is -3.48. The molecule has 122 valence electrons. The first-order valence-electron chi connectivity index (χ1n) is 7.89. The van der Waals surface area contributed by atoms with E-state index in [2.05, 4.69) is 20.1 Å². The Kier molecular flexibility index (Phi) is 3.09. The summed E-state index contributed by atoms with van der Waals surface area (Å²) in [5.41, 5.74) is 1.88. The highest BCUT2D eigenvalue weighted by atomic mass is 16.6. The van der Waals surface area contributed by atoms with E-state index < -0.39 is 0 Å². The molecule has 0 saturated heterocycles. The summed E-state index contributed by atoms with van der Waals surface area (Å²) in [5.74, 6) is 2.49. The lowest BCUT2D eigenvalue weighted by molar-refractivity contribution is 0.0852. The highest BCUT2D eigenvalue weighted by Crippen LogP contribution is 2.35. The van der Waals surface area contributed by atoms with Gasteiger partial charge in [-0.3, -0.25) is 4.98 Å². The molecule has 4 aromatic rings. The molecule has 0 saturated carbocycles. The molecule has 0 aliphatic carbocycles. The van der Waals surface area contributed by atoms with Gasteiger partial charge in [-0.25, -0.2) is 4.98 Å². The van der Waals surface area contributed by atoms with Gasteiger partial charge in [0.15, 0.2) is 23.4 Å². The molecule has 1 atom stereocenters. The van der Waals surface area contributed by atoms with Crippen LogP contribution in [0.2, 0.25) is 0 Å². The van der Waals surface area contributed by atoms with Crippen molar-refractivity contribution >= 4 is 5.78 Å². The summed E-state index contributed by atoms with van der Waals surface area (Å²) in [7, 11) is 0. The number of para-hydroxylation sites is 2. The number of fused-ring (bicyclic) bond motifs is 2. The number of hydrogen-bond donors (Lipinski definition) is 0. The molecule has 0 N–H and O–H groups in total. The topological polar surface area (TPSA) is 74.4 Å². The molecule has 1 aromatic carbocycles. The maximum absolute atomic E-state index is 5.99. The van der Waals surface area contributed by atoms with Gasteiger partial charge in [-0.05, 0) is 30.3 Å². The summed E-state index contributed by atoms with van der Waals surface area (Å²) in [5, 5.41) is 4.60. The summed E-state index contributed by atoms with van der Waals surface area (Å²) in [6, 6.07) is 13.3. The monoisotopic (exact) mass is 331 g/mol. The molecule has 7 heteroatoms. The van der Waals surface area contributed by atoms with Crippen LogP contribution in [-0.2, 0) is 0 Å². The SMILES string of the molecule is c1ccc2c(c1)OC[C@@H](c1nc3nccc(-c4ccncc4)n3n1)O2. The molecule has 1 aliphatic rings. The Balaban J connectivity index is 1.56. The van der Waals surface area contributed by atoms with Gasteiger partial charge in [0.1, 0.15) is 6.61 Å². The Labute approximate surface area is 142 Å². The second-order valence-corrected chi connectivity index (χ2v) is 5.61. The zero-order chi connectivity index (χ0) is 16.6. The lowest BCUT2D eigenvalue weighted by Crippen LogP contribution is -2.22. The Morgan fingerprint density at radius 3 is 2.68 bits per heavy atom. The molecule has 4 heterocycles. The van der Waals surface area contributed by atoms with Crippen molar-refractivity contribution in [2.45, 2.75) is 6.10 Å². The summed E-state index contributed by atoms with van der Waals surface area (Å²) in [6.07, 6.45) is 4.84. The number of ether oxygens (including phenoxy) is 2. The third kappa shape index (κ3) is 2.37. The molecule has 3 aromatic heterocycles. The van der Waals surface area contributed by atoms with Crippen LogP contribution in [0.25, 0.3) is 17.0 Å². The molecule has 0 fully saturated rings. The first kappa shape index (κ1) is 13.9. The van der Waals surface area contributed by atoms with Gasteiger partial charge >= 0.3 is 0 Å². The van der Waals surface area contributed by atoms with Crippen molar-refractivity contribution in [2.75, 3.05) is 6.61 Å². The minimum atomic E-state index is -0.373. The van der Waals surface area contributed by atoms with Crippen molar-refractivity contribution in [2.24, 2.45) is 0 Å². The van der Waals surface area contributed by atoms with E-state index in [0.29, 0.717) is 24.0 Å². The Bertz CT molecular complexity index is 1050. The number of benzene rings is 1. The zero-order valence-electron chi connectivity index (χ0n) is 13.1. The van der Waals surface area contributed by atoms with E-state index in [-0.39, 0.29) is 6.10 Å². The summed E-state index contributed by atoms with van der Waals surface area (Å²) < 4.78 is 13.5. The molecule has 5 rings (SSSR count). The first-order chi connectivity index (χ1) is 12.4. The molecule has 0 unspecified atom stereocenters. The summed E-state index contributed by atoms with van der Waals surface area (Å²) >= 11 is 0. The highest BCUT2D eigenvalue weighted by Gasteiger charge is 2.26. The van der Waals surface area contributed by atoms with Crippen LogP contribution in [0.1, 0.15) is 11.9 Å². The quantitative estimate of drug-likeness (QED) is 0.562. The number of hydrogen-bond acceptors (Lipinski definition) is 6. The second-order valence-electron chi connectivity index (χ2n) is 5.61. The molecule has 0 bridgehead atoms. The van der Waals surface area contributed by atoms with Crippen molar-refractivity contribution in [3.05, 3.63) is 66.9 Å². The van der Waals surface area contributed by atoms with Gasteiger partial charge in [-0.15, -0.1) is 5.10 Å². The third-order valence-corrected chi connectivity index (χ3v) is 4.03. The number of pyridine rings is 1. The van der Waals surface area contributed by atoms with E-state index in [9.17, 15) is 0 Å². The van der Waals surface area contributed by atoms with Crippen molar-refractivity contribution in [1.82, 2.24) is 24.6 Å². The van der Waals surface area contributed by atoms with Gasteiger partial charge in [0, 0.05) is 24.2 Å². The van der Waals surface area contributed by atoms with Gasteiger partial charge in [0.05, 0.1) is 5.69 Å². The largest absolute Gasteiger partial charge is 0.485 e. The summed E-state index contributed by atoms with van der Waals surface area (Å²) in [6.45, 7) is 0.360. The van der Waals surface area contributed by atoms with Gasteiger partial charge < -0.3 is 9.47 Å². The van der Waals surface area contributed by atoms with E-state index in [4.69, 9.17) is 9.47 Å². The molecule has 1 aliphatic heterocycles. The summed E-state index contributed by atoms with van der Waals surface area (Å²) in [4.78, 5) is 12.9. The minimum absolute atomic E-state index is 0.360. The van der Waals surface area contributed by atoms with Crippen LogP contribution in [0.4, 0.5) is 0 Å². The van der Waals surface area contributed by atoms with Crippen LogP contribution >= 0.6 is 0 Å². The molecular formula is C18H13N5O2. The fourth-order valence-corrected chi connectivity index (χ4v) is 2.83. The highest BCUT2D eigenvalue weighted by molar-refractivity contribution is 5.60. The lowest BCUT2D eigenvalue weighted by atomic mass is 10.2. The van der Waals surface area contributed by atoms with Crippen LogP contribution < -0.4 is 9.47 Å². The lowest BCUT2D eigenvalue weighted by Gasteiger charge is -2.24. The van der Waals surface area contributed by atoms with Crippen LogP contribution in [0.5, 0.6) is 11.5 Å². The average molecular weight is 331 g/mol. The van der Waals surface area contributed by atoms with Gasteiger partial charge in [-0.1, -0.05) is 12.1 Å². The van der Waals surface area contributed by atoms with Crippen LogP contribution in [0.15, 0.2) is 61.1 Å². The maximum atomic E-state index is 5.99. The van der Waals surface area contributed by atoms with Crippen molar-refractivity contribution < 1.29 is 9.47 Å². The predicted octanol–water partition coefficient (Wildman–Crippen LogP) is 2.70. The third-order valence-electron chi connectivity index (χ3n) is 4.03. The van der Waals surface area contributed by atoms with Crippen molar-refractivity contribution in [1.29, 1.82) is 0 Å². The molecule has 7 nitrogen and oxygen atoms in total. The number of aromatic nitrogens is 5. The van der Waals surface area contributed by atoms with E-state index in [1.54, 1.807) is 23.1 Å². The normalized spacial score (nSPS) is 16.1. The van der Waals surface area contributed by atoms with E-state index in [1.807, 2.05) is 42.5 Å². The molecule has 25 heavy (non-hydrogen) atoms. The van der Waals surface area contributed by atoms with Gasteiger partial charge in [-0.2, -0.15) is 9.50 Å². The number of rotatable bonds is 2. The number of nitrogens with zero attached hydrogens (tertiary/aromatic N) is 5. The standard InChI is InChI=1S/C18H13N5O2/c1-2-4-15-14(3-1)24-11-16(25-15)17-21-18-20-10-7-13(23(18)22-17)12-5-8-19-9-6-12/h1-10,16H,11H2/t16-/m0/s1. The first-order valence-corrected chi connectivity index (χ1v) is 7.89. The fourth-order valence-electron chi connectivity index (χ4n) is 2.83. The molecular weight excluding hydrogens is 318 g/mol. The second kappa shape index (κ2) is 5.55.